The van der Waals surface area contributed by atoms with E-state index < -0.39 is 5.82 Å². The number of hydrogen-bond donors (Lipinski definition) is 1. The van der Waals surface area contributed by atoms with Gasteiger partial charge in [0.15, 0.2) is 0 Å². The van der Waals surface area contributed by atoms with Crippen LogP contribution in [0.15, 0.2) is 66.9 Å². The zero-order valence-electron chi connectivity index (χ0n) is 20.5. The van der Waals surface area contributed by atoms with Crippen molar-refractivity contribution in [1.29, 1.82) is 0 Å². The molecule has 0 unspecified atom stereocenters. The summed E-state index contributed by atoms with van der Waals surface area (Å²) in [6.07, 6.45) is 4.27. The second kappa shape index (κ2) is 10.5. The Morgan fingerprint density at radius 2 is 1.69 bits per heavy atom. The van der Waals surface area contributed by atoms with Crippen molar-refractivity contribution in [3.8, 4) is 0 Å². The van der Waals surface area contributed by atoms with Crippen molar-refractivity contribution in [1.82, 2.24) is 9.88 Å². The largest absolute Gasteiger partial charge is 0.369 e. The lowest BCUT2D eigenvalue weighted by Crippen LogP contribution is -2.38. The maximum atomic E-state index is 14.0. The Morgan fingerprint density at radius 1 is 0.944 bits per heavy atom. The van der Waals surface area contributed by atoms with Gasteiger partial charge in [0.1, 0.15) is 5.82 Å². The van der Waals surface area contributed by atoms with Gasteiger partial charge in [0, 0.05) is 38.1 Å². The first-order valence-electron chi connectivity index (χ1n) is 12.6. The fourth-order valence-electron chi connectivity index (χ4n) is 5.31. The summed E-state index contributed by atoms with van der Waals surface area (Å²) in [6.45, 7) is 4.74. The van der Waals surface area contributed by atoms with Gasteiger partial charge in [-0.25, -0.2) is 4.39 Å². The lowest BCUT2D eigenvalue weighted by molar-refractivity contribution is -0.119. The number of likely N-dealkylation sites (tertiary alicyclic amines) is 1. The molecule has 2 fully saturated rings. The van der Waals surface area contributed by atoms with E-state index in [-0.39, 0.29) is 23.3 Å². The van der Waals surface area contributed by atoms with E-state index >= 15 is 0 Å². The monoisotopic (exact) mass is 486 g/mol. The molecule has 2 saturated heterocycles. The first-order valence-corrected chi connectivity index (χ1v) is 12.6. The molecule has 2 aromatic carbocycles. The third-order valence-electron chi connectivity index (χ3n) is 7.41. The highest BCUT2D eigenvalue weighted by Crippen LogP contribution is 2.30. The quantitative estimate of drug-likeness (QED) is 0.550. The van der Waals surface area contributed by atoms with E-state index in [1.54, 1.807) is 29.3 Å². The minimum atomic E-state index is -0.472. The number of amides is 2. The number of piperidine rings is 1. The van der Waals surface area contributed by atoms with Crippen LogP contribution in [-0.4, -0.2) is 47.9 Å². The molecule has 0 saturated carbocycles. The zero-order chi connectivity index (χ0) is 25.1. The van der Waals surface area contributed by atoms with Crippen LogP contribution in [0.2, 0.25) is 0 Å². The highest BCUT2D eigenvalue weighted by atomic mass is 19.1. The maximum absolute atomic E-state index is 14.0. The predicted molar refractivity (Wildman–Crippen MR) is 139 cm³/mol. The van der Waals surface area contributed by atoms with E-state index in [9.17, 15) is 14.0 Å². The fourth-order valence-corrected chi connectivity index (χ4v) is 5.31. The SMILES string of the molecule is Cc1ncccc1N1CC[C@H](C(=O)Nc2ccc(C3CCN(C(=O)c4ccccc4F)CC3)cc2)C1. The average Bonchev–Trinajstić information content (AvgIpc) is 3.40. The summed E-state index contributed by atoms with van der Waals surface area (Å²) in [6, 6.07) is 18.2. The first-order chi connectivity index (χ1) is 17.5. The Morgan fingerprint density at radius 3 is 2.42 bits per heavy atom. The van der Waals surface area contributed by atoms with E-state index in [0.717, 1.165) is 42.9 Å². The normalized spacial score (nSPS) is 18.3. The Kier molecular flexibility index (Phi) is 6.98. The van der Waals surface area contributed by atoms with Gasteiger partial charge in [0.2, 0.25) is 5.91 Å². The Bertz CT molecular complexity index is 1240. The number of halogens is 1. The van der Waals surface area contributed by atoms with Crippen LogP contribution in [0.5, 0.6) is 0 Å². The topological polar surface area (TPSA) is 65.5 Å². The van der Waals surface area contributed by atoms with Gasteiger partial charge in [-0.1, -0.05) is 24.3 Å². The van der Waals surface area contributed by atoms with Crippen LogP contribution in [0.25, 0.3) is 0 Å². The molecule has 3 heterocycles. The number of pyridine rings is 1. The van der Waals surface area contributed by atoms with E-state index in [4.69, 9.17) is 0 Å². The molecule has 7 heteroatoms. The summed E-state index contributed by atoms with van der Waals surface area (Å²) in [5.41, 5.74) is 4.21. The summed E-state index contributed by atoms with van der Waals surface area (Å²) in [7, 11) is 0. The van der Waals surface area contributed by atoms with Crippen molar-refractivity contribution in [3.05, 3.63) is 89.5 Å². The summed E-state index contributed by atoms with van der Waals surface area (Å²) in [4.78, 5) is 33.9. The van der Waals surface area contributed by atoms with Gasteiger partial charge < -0.3 is 15.1 Å². The molecular formula is C29H31FN4O2. The van der Waals surface area contributed by atoms with Gasteiger partial charge in [-0.15, -0.1) is 0 Å². The molecule has 0 radical (unpaired) electrons. The molecule has 2 amide bonds. The van der Waals surface area contributed by atoms with Gasteiger partial charge in [0.25, 0.3) is 5.91 Å². The molecule has 0 aliphatic carbocycles. The fraction of sp³-hybridized carbons (Fsp3) is 0.345. The van der Waals surface area contributed by atoms with Crippen LogP contribution in [0.3, 0.4) is 0 Å². The molecule has 1 atom stereocenters. The van der Waals surface area contributed by atoms with Crippen LogP contribution >= 0.6 is 0 Å². The molecule has 36 heavy (non-hydrogen) atoms. The molecule has 6 nitrogen and oxygen atoms in total. The van der Waals surface area contributed by atoms with Crippen molar-refractivity contribution in [2.75, 3.05) is 36.4 Å². The maximum Gasteiger partial charge on any atom is 0.256 e. The lowest BCUT2D eigenvalue weighted by Gasteiger charge is -2.32. The van der Waals surface area contributed by atoms with E-state index in [2.05, 4.69) is 33.4 Å². The molecule has 2 aliphatic rings. The highest BCUT2D eigenvalue weighted by Gasteiger charge is 2.30. The van der Waals surface area contributed by atoms with Crippen LogP contribution in [0.1, 0.15) is 46.8 Å². The Hall–Kier alpha value is -3.74. The summed E-state index contributed by atoms with van der Waals surface area (Å²) >= 11 is 0. The number of nitrogens with one attached hydrogen (secondary N) is 1. The van der Waals surface area contributed by atoms with Gasteiger partial charge in [-0.3, -0.25) is 14.6 Å². The van der Waals surface area contributed by atoms with Crippen molar-refractivity contribution in [2.45, 2.75) is 32.1 Å². The van der Waals surface area contributed by atoms with Crippen LogP contribution in [0.4, 0.5) is 15.8 Å². The van der Waals surface area contributed by atoms with Gasteiger partial charge in [-0.05, 0) is 74.1 Å². The van der Waals surface area contributed by atoms with E-state index in [1.165, 1.54) is 11.6 Å². The number of benzene rings is 2. The first kappa shape index (κ1) is 24.0. The summed E-state index contributed by atoms with van der Waals surface area (Å²) < 4.78 is 14.0. The number of aryl methyl sites for hydroxylation is 1. The third kappa shape index (κ3) is 5.10. The van der Waals surface area contributed by atoms with Gasteiger partial charge >= 0.3 is 0 Å². The highest BCUT2D eigenvalue weighted by molar-refractivity contribution is 5.94. The standard InChI is InChI=1S/C29H31FN4O2/c1-20-27(7-4-15-31-20)34-18-14-23(19-34)28(35)32-24-10-8-21(9-11-24)22-12-16-33(17-13-22)29(36)25-5-2-3-6-26(25)30/h2-11,15,22-23H,12-14,16-19H2,1H3,(H,32,35)/t23-/m0/s1. The Labute approximate surface area is 211 Å². The number of anilines is 2. The predicted octanol–water partition coefficient (Wildman–Crippen LogP) is 5.01. The molecule has 2 aliphatic heterocycles. The zero-order valence-corrected chi connectivity index (χ0v) is 20.5. The lowest BCUT2D eigenvalue weighted by atomic mass is 9.89. The van der Waals surface area contributed by atoms with Gasteiger partial charge in [0.05, 0.1) is 22.9 Å². The molecule has 3 aromatic rings. The minimum absolute atomic E-state index is 0.0479. The van der Waals surface area contributed by atoms with E-state index in [1.807, 2.05) is 25.1 Å². The van der Waals surface area contributed by atoms with E-state index in [0.29, 0.717) is 25.6 Å². The van der Waals surface area contributed by atoms with Crippen molar-refractivity contribution in [2.24, 2.45) is 5.92 Å². The third-order valence-corrected chi connectivity index (χ3v) is 7.41. The van der Waals surface area contributed by atoms with Crippen molar-refractivity contribution < 1.29 is 14.0 Å². The van der Waals surface area contributed by atoms with Gasteiger partial charge in [-0.2, -0.15) is 0 Å². The van der Waals surface area contributed by atoms with Crippen molar-refractivity contribution in [3.63, 3.8) is 0 Å². The van der Waals surface area contributed by atoms with Crippen LogP contribution < -0.4 is 10.2 Å². The Balaban J connectivity index is 1.13. The number of carbonyl (C=O) groups is 2. The molecule has 1 aromatic heterocycles. The van der Waals surface area contributed by atoms with Crippen molar-refractivity contribution >= 4 is 23.2 Å². The second-order valence-electron chi connectivity index (χ2n) is 9.70. The number of aromatic nitrogens is 1. The molecule has 5 rings (SSSR count). The smallest absolute Gasteiger partial charge is 0.256 e. The number of rotatable bonds is 5. The molecular weight excluding hydrogens is 455 g/mol. The van der Waals surface area contributed by atoms with Crippen LogP contribution in [-0.2, 0) is 4.79 Å². The molecule has 186 valence electrons. The number of hydrogen-bond acceptors (Lipinski definition) is 4. The molecule has 0 bridgehead atoms. The number of carbonyl (C=O) groups excluding carboxylic acids is 2. The number of nitrogens with zero attached hydrogens (tertiary/aromatic N) is 3. The summed E-state index contributed by atoms with van der Waals surface area (Å²) in [5, 5.41) is 3.08. The second-order valence-corrected chi connectivity index (χ2v) is 9.70. The average molecular weight is 487 g/mol. The minimum Gasteiger partial charge on any atom is -0.369 e. The molecule has 0 spiro atoms. The van der Waals surface area contributed by atoms with Crippen LogP contribution in [0, 0.1) is 18.7 Å². The molecule has 1 N–H and O–H groups in total. The summed E-state index contributed by atoms with van der Waals surface area (Å²) in [5.74, 6) is -0.383.